The molecule has 0 saturated carbocycles. The Morgan fingerprint density at radius 3 is 2.44 bits per heavy atom. The van der Waals surface area contributed by atoms with Crippen LogP contribution in [0.25, 0.3) is 21.7 Å². The molecule has 5 rings (SSSR count). The molecule has 0 atom stereocenters. The number of nitrogens with zero attached hydrogens (tertiary/aromatic N) is 3. The van der Waals surface area contributed by atoms with Crippen molar-refractivity contribution in [2.45, 2.75) is 23.4 Å². The first kappa shape index (κ1) is 24.0. The second-order valence-corrected chi connectivity index (χ2v) is 10.7. The molecule has 0 N–H and O–H groups in total. The van der Waals surface area contributed by atoms with E-state index in [2.05, 4.69) is 16.9 Å². The van der Waals surface area contributed by atoms with Crippen LogP contribution in [0.2, 0.25) is 0 Å². The molecule has 0 unspecified atom stereocenters. The summed E-state index contributed by atoms with van der Waals surface area (Å²) in [5, 5.41) is 6.82. The Morgan fingerprint density at radius 2 is 1.64 bits per heavy atom. The first-order valence-corrected chi connectivity index (χ1v) is 13.5. The average molecular weight is 500 g/mol. The molecule has 0 aliphatic heterocycles. The van der Waals surface area contributed by atoms with Crippen molar-refractivity contribution in [3.05, 3.63) is 96.6 Å². The molecular formula is C29H29N3O3S. The number of benzene rings is 4. The third-order valence-electron chi connectivity index (χ3n) is 6.44. The second kappa shape index (κ2) is 10.1. The topological polar surface area (TPSA) is 64.4 Å². The van der Waals surface area contributed by atoms with Gasteiger partial charge in [-0.3, -0.25) is 4.68 Å². The van der Waals surface area contributed by atoms with Gasteiger partial charge in [0.25, 0.3) is 0 Å². The molecule has 36 heavy (non-hydrogen) atoms. The predicted molar refractivity (Wildman–Crippen MR) is 143 cm³/mol. The van der Waals surface area contributed by atoms with Crippen molar-refractivity contribution < 1.29 is 13.2 Å². The molecule has 6 nitrogen and oxygen atoms in total. The lowest BCUT2D eigenvalue weighted by Gasteiger charge is -2.14. The van der Waals surface area contributed by atoms with Crippen LogP contribution in [-0.4, -0.2) is 49.8 Å². The number of aromatic nitrogens is 2. The lowest BCUT2D eigenvalue weighted by Crippen LogP contribution is -2.23. The van der Waals surface area contributed by atoms with Crippen molar-refractivity contribution in [1.82, 2.24) is 14.7 Å². The monoisotopic (exact) mass is 499 g/mol. The van der Waals surface area contributed by atoms with Crippen LogP contribution in [0.4, 0.5) is 0 Å². The minimum atomic E-state index is -3.91. The highest BCUT2D eigenvalue weighted by Crippen LogP contribution is 2.34. The Balaban J connectivity index is 1.63. The smallest absolute Gasteiger partial charge is 0.226 e. The third-order valence-corrected chi connectivity index (χ3v) is 8.18. The summed E-state index contributed by atoms with van der Waals surface area (Å²) in [6.45, 7) is 4.78. The molecule has 0 aliphatic rings. The summed E-state index contributed by atoms with van der Waals surface area (Å²) in [6.07, 6.45) is 0. The van der Waals surface area contributed by atoms with Gasteiger partial charge in [0.1, 0.15) is 12.4 Å². The Labute approximate surface area is 211 Å². The van der Waals surface area contributed by atoms with Gasteiger partial charge in [-0.05, 0) is 48.8 Å². The van der Waals surface area contributed by atoms with E-state index in [9.17, 15) is 8.42 Å². The van der Waals surface area contributed by atoms with Crippen molar-refractivity contribution >= 4 is 31.5 Å². The van der Waals surface area contributed by atoms with Crippen molar-refractivity contribution in [1.29, 1.82) is 0 Å². The summed E-state index contributed by atoms with van der Waals surface area (Å²) < 4.78 is 35.9. The molecule has 0 radical (unpaired) electrons. The van der Waals surface area contributed by atoms with Gasteiger partial charge in [-0.25, -0.2) is 8.42 Å². The van der Waals surface area contributed by atoms with Gasteiger partial charge in [0, 0.05) is 17.3 Å². The van der Waals surface area contributed by atoms with Crippen LogP contribution >= 0.6 is 0 Å². The van der Waals surface area contributed by atoms with Gasteiger partial charge < -0.3 is 9.64 Å². The van der Waals surface area contributed by atoms with Gasteiger partial charge in [0.05, 0.1) is 17.0 Å². The van der Waals surface area contributed by atoms with E-state index in [1.807, 2.05) is 79.8 Å². The maximum absolute atomic E-state index is 14.1. The Hall–Kier alpha value is -3.68. The van der Waals surface area contributed by atoms with E-state index in [1.165, 1.54) is 0 Å². The van der Waals surface area contributed by atoms with Crippen LogP contribution in [0.3, 0.4) is 0 Å². The molecule has 184 valence electrons. The Bertz CT molecular complexity index is 1610. The largest absolute Gasteiger partial charge is 0.492 e. The van der Waals surface area contributed by atoms with Crippen LogP contribution in [-0.2, 0) is 16.4 Å². The van der Waals surface area contributed by atoms with Crippen LogP contribution in [0.1, 0.15) is 12.5 Å². The van der Waals surface area contributed by atoms with Gasteiger partial charge in [0.15, 0.2) is 5.03 Å². The van der Waals surface area contributed by atoms with Gasteiger partial charge in [-0.1, -0.05) is 73.7 Å². The summed E-state index contributed by atoms with van der Waals surface area (Å²) in [7, 11) is -1.88. The quantitative estimate of drug-likeness (QED) is 0.272. The van der Waals surface area contributed by atoms with Gasteiger partial charge in [0.2, 0.25) is 9.84 Å². The minimum Gasteiger partial charge on any atom is -0.492 e. The number of ether oxygens (including phenoxy) is 1. The fourth-order valence-electron chi connectivity index (χ4n) is 4.31. The summed E-state index contributed by atoms with van der Waals surface area (Å²) >= 11 is 0. The van der Waals surface area contributed by atoms with E-state index < -0.39 is 9.84 Å². The number of likely N-dealkylation sites (N-methyl/N-ethyl adjacent to an activating group) is 1. The molecule has 0 spiro atoms. The molecular weight excluding hydrogens is 470 g/mol. The molecule has 0 amide bonds. The number of hydrogen-bond donors (Lipinski definition) is 0. The third kappa shape index (κ3) is 4.72. The van der Waals surface area contributed by atoms with Gasteiger partial charge >= 0.3 is 0 Å². The highest BCUT2D eigenvalue weighted by atomic mass is 32.2. The summed E-state index contributed by atoms with van der Waals surface area (Å²) in [5.74, 6) is 0.626. The maximum atomic E-state index is 14.1. The second-order valence-electron chi connectivity index (χ2n) is 8.85. The molecule has 0 fully saturated rings. The van der Waals surface area contributed by atoms with Crippen molar-refractivity contribution in [2.24, 2.45) is 0 Å². The van der Waals surface area contributed by atoms with E-state index in [4.69, 9.17) is 4.74 Å². The van der Waals surface area contributed by atoms with E-state index in [0.29, 0.717) is 29.7 Å². The van der Waals surface area contributed by atoms with Gasteiger partial charge in [-0.2, -0.15) is 5.10 Å². The van der Waals surface area contributed by atoms with Crippen molar-refractivity contribution in [3.63, 3.8) is 0 Å². The number of fused-ring (bicyclic) bond motifs is 2. The standard InChI is InChI=1S/C29H29N3O3S/c1-3-31(2)18-19-35-24-16-17-27-26(20-24)29(30-32(27)21-22-10-5-4-6-11-22)36(33,34)28-15-9-13-23-12-7-8-14-25(23)28/h4-17,20H,3,18-19,21H2,1-2H3. The number of hydrogen-bond acceptors (Lipinski definition) is 5. The number of sulfone groups is 1. The Kier molecular flexibility index (Phi) is 6.76. The average Bonchev–Trinajstić information content (AvgIpc) is 3.27. The summed E-state index contributed by atoms with van der Waals surface area (Å²) in [5.41, 5.74) is 1.79. The number of rotatable bonds is 9. The van der Waals surface area contributed by atoms with E-state index in [1.54, 1.807) is 22.9 Å². The highest BCUT2D eigenvalue weighted by Gasteiger charge is 2.27. The fraction of sp³-hybridized carbons (Fsp3) is 0.207. The lowest BCUT2D eigenvalue weighted by atomic mass is 10.1. The molecule has 4 aromatic carbocycles. The normalized spacial score (nSPS) is 12.0. The zero-order valence-electron chi connectivity index (χ0n) is 20.5. The molecule has 0 saturated heterocycles. The van der Waals surface area contributed by atoms with Crippen LogP contribution in [0.15, 0.2) is 101 Å². The van der Waals surface area contributed by atoms with E-state index in [-0.39, 0.29) is 9.92 Å². The fourth-order valence-corrected chi connectivity index (χ4v) is 5.91. The lowest BCUT2D eigenvalue weighted by molar-refractivity contribution is 0.244. The molecule has 1 heterocycles. The molecule has 1 aromatic heterocycles. The van der Waals surface area contributed by atoms with Crippen LogP contribution in [0, 0.1) is 0 Å². The maximum Gasteiger partial charge on any atom is 0.226 e. The van der Waals surface area contributed by atoms with Crippen LogP contribution < -0.4 is 4.74 Å². The molecule has 7 heteroatoms. The predicted octanol–water partition coefficient (Wildman–Crippen LogP) is 5.40. The summed E-state index contributed by atoms with van der Waals surface area (Å²) in [6, 6.07) is 28.3. The minimum absolute atomic E-state index is 0.0425. The first-order valence-electron chi connectivity index (χ1n) is 12.1. The SMILES string of the molecule is CCN(C)CCOc1ccc2c(c1)c(S(=O)(=O)c1cccc3ccccc13)nn2Cc1ccccc1. The molecule has 0 aliphatic carbocycles. The summed E-state index contributed by atoms with van der Waals surface area (Å²) in [4.78, 5) is 2.41. The van der Waals surface area contributed by atoms with Crippen LogP contribution in [0.5, 0.6) is 5.75 Å². The highest BCUT2D eigenvalue weighted by molar-refractivity contribution is 7.91. The van der Waals surface area contributed by atoms with E-state index in [0.717, 1.165) is 29.6 Å². The zero-order chi connectivity index (χ0) is 25.1. The molecule has 5 aromatic rings. The molecule has 0 bridgehead atoms. The van der Waals surface area contributed by atoms with E-state index >= 15 is 0 Å². The Morgan fingerprint density at radius 1 is 0.889 bits per heavy atom. The van der Waals surface area contributed by atoms with Crippen molar-refractivity contribution in [3.8, 4) is 5.75 Å². The van der Waals surface area contributed by atoms with Crippen molar-refractivity contribution in [2.75, 3.05) is 26.7 Å². The zero-order valence-corrected chi connectivity index (χ0v) is 21.3. The van der Waals surface area contributed by atoms with Gasteiger partial charge in [-0.15, -0.1) is 0 Å². The first-order chi connectivity index (χ1) is 17.5.